The second-order valence-electron chi connectivity index (χ2n) is 4.82. The number of benzene rings is 1. The van der Waals surface area contributed by atoms with Crippen molar-refractivity contribution in [2.45, 2.75) is 13.8 Å². The summed E-state index contributed by atoms with van der Waals surface area (Å²) in [4.78, 5) is 27.7. The molecule has 0 radical (unpaired) electrons. The summed E-state index contributed by atoms with van der Waals surface area (Å²) in [6.07, 6.45) is 0. The van der Waals surface area contributed by atoms with Crippen LogP contribution in [0.3, 0.4) is 0 Å². The van der Waals surface area contributed by atoms with E-state index in [4.69, 9.17) is 0 Å². The van der Waals surface area contributed by atoms with Gasteiger partial charge in [-0.05, 0) is 19.9 Å². The molecule has 104 valence electrons. The van der Waals surface area contributed by atoms with Gasteiger partial charge in [-0.2, -0.15) is 0 Å². The Labute approximate surface area is 121 Å². The molecule has 0 aliphatic carbocycles. The molecule has 0 aliphatic rings. The van der Waals surface area contributed by atoms with E-state index in [9.17, 15) is 4.79 Å². The molecule has 0 aliphatic heterocycles. The van der Waals surface area contributed by atoms with Crippen LogP contribution in [0.15, 0.2) is 47.3 Å². The van der Waals surface area contributed by atoms with E-state index in [1.165, 1.54) is 6.07 Å². The molecule has 0 bridgehead atoms. The maximum absolute atomic E-state index is 11.9. The molecular formula is C16H14N4O. The molecule has 2 heterocycles. The van der Waals surface area contributed by atoms with Crippen LogP contribution in [0, 0.1) is 13.8 Å². The van der Waals surface area contributed by atoms with Gasteiger partial charge in [0.25, 0.3) is 5.56 Å². The highest BCUT2D eigenvalue weighted by molar-refractivity contribution is 5.60. The molecule has 0 saturated carbocycles. The second-order valence-corrected chi connectivity index (χ2v) is 4.82. The van der Waals surface area contributed by atoms with E-state index >= 15 is 0 Å². The molecule has 0 spiro atoms. The maximum atomic E-state index is 11.9. The van der Waals surface area contributed by atoms with E-state index in [1.54, 1.807) is 0 Å². The number of aromatic amines is 1. The Morgan fingerprint density at radius 2 is 1.57 bits per heavy atom. The highest BCUT2D eigenvalue weighted by Crippen LogP contribution is 2.17. The van der Waals surface area contributed by atoms with Crippen LogP contribution in [0.2, 0.25) is 0 Å². The lowest BCUT2D eigenvalue weighted by atomic mass is 10.1. The maximum Gasteiger partial charge on any atom is 0.251 e. The molecule has 3 rings (SSSR count). The fourth-order valence-corrected chi connectivity index (χ4v) is 2.15. The van der Waals surface area contributed by atoms with Gasteiger partial charge < -0.3 is 4.98 Å². The average molecular weight is 278 g/mol. The first-order chi connectivity index (χ1) is 10.1. The first kappa shape index (κ1) is 13.2. The van der Waals surface area contributed by atoms with Gasteiger partial charge in [0.2, 0.25) is 0 Å². The van der Waals surface area contributed by atoms with Crippen LogP contribution in [0.4, 0.5) is 0 Å². The molecule has 21 heavy (non-hydrogen) atoms. The summed E-state index contributed by atoms with van der Waals surface area (Å²) in [6, 6.07) is 12.9. The largest absolute Gasteiger partial charge is 0.304 e. The van der Waals surface area contributed by atoms with E-state index in [1.807, 2.05) is 50.2 Å². The van der Waals surface area contributed by atoms with Gasteiger partial charge in [0, 0.05) is 23.0 Å². The summed E-state index contributed by atoms with van der Waals surface area (Å²) in [5.74, 6) is 0.815. The van der Waals surface area contributed by atoms with Crippen LogP contribution in [0.5, 0.6) is 0 Å². The van der Waals surface area contributed by atoms with Crippen molar-refractivity contribution in [3.63, 3.8) is 0 Å². The van der Waals surface area contributed by atoms with Crippen LogP contribution in [0.1, 0.15) is 11.4 Å². The summed E-state index contributed by atoms with van der Waals surface area (Å²) in [7, 11) is 0. The van der Waals surface area contributed by atoms with Gasteiger partial charge in [0.15, 0.2) is 11.6 Å². The van der Waals surface area contributed by atoms with Crippen molar-refractivity contribution in [1.29, 1.82) is 0 Å². The third-order valence-corrected chi connectivity index (χ3v) is 3.01. The SMILES string of the molecule is Cc1cc(C)nc(-c2nc(-c3ccccc3)cc(=O)[nH]2)n1. The van der Waals surface area contributed by atoms with Gasteiger partial charge in [-0.15, -0.1) is 0 Å². The highest BCUT2D eigenvalue weighted by atomic mass is 16.1. The molecule has 1 aromatic carbocycles. The summed E-state index contributed by atoms with van der Waals surface area (Å²) in [5.41, 5.74) is 2.95. The highest BCUT2D eigenvalue weighted by Gasteiger charge is 2.09. The van der Waals surface area contributed by atoms with Crippen molar-refractivity contribution in [3.05, 3.63) is 64.2 Å². The molecule has 0 atom stereocenters. The van der Waals surface area contributed by atoms with Crippen LogP contribution < -0.4 is 5.56 Å². The molecule has 0 saturated heterocycles. The fourth-order valence-electron chi connectivity index (χ4n) is 2.15. The lowest BCUT2D eigenvalue weighted by molar-refractivity contribution is 1.01. The van der Waals surface area contributed by atoms with Crippen LogP contribution in [0.25, 0.3) is 22.9 Å². The first-order valence-electron chi connectivity index (χ1n) is 6.61. The normalized spacial score (nSPS) is 10.6. The Hall–Kier alpha value is -2.82. The zero-order valence-corrected chi connectivity index (χ0v) is 11.8. The van der Waals surface area contributed by atoms with E-state index in [2.05, 4.69) is 19.9 Å². The number of hydrogen-bond acceptors (Lipinski definition) is 4. The summed E-state index contributed by atoms with van der Waals surface area (Å²) in [6.45, 7) is 3.77. The van der Waals surface area contributed by atoms with E-state index in [0.29, 0.717) is 17.3 Å². The second kappa shape index (κ2) is 5.28. The van der Waals surface area contributed by atoms with E-state index in [0.717, 1.165) is 17.0 Å². The number of hydrogen-bond donors (Lipinski definition) is 1. The minimum absolute atomic E-state index is 0.221. The van der Waals surface area contributed by atoms with Crippen molar-refractivity contribution < 1.29 is 0 Å². The molecule has 0 unspecified atom stereocenters. The Balaban J connectivity index is 2.16. The van der Waals surface area contributed by atoms with Crippen molar-refractivity contribution in [2.24, 2.45) is 0 Å². The number of rotatable bonds is 2. The topological polar surface area (TPSA) is 71.5 Å². The van der Waals surface area contributed by atoms with Crippen molar-refractivity contribution >= 4 is 0 Å². The van der Waals surface area contributed by atoms with Gasteiger partial charge >= 0.3 is 0 Å². The van der Waals surface area contributed by atoms with Crippen molar-refractivity contribution in [3.8, 4) is 22.9 Å². The minimum atomic E-state index is -0.221. The summed E-state index contributed by atoms with van der Waals surface area (Å²) in [5, 5.41) is 0. The molecule has 5 nitrogen and oxygen atoms in total. The third-order valence-electron chi connectivity index (χ3n) is 3.01. The van der Waals surface area contributed by atoms with Crippen molar-refractivity contribution in [2.75, 3.05) is 0 Å². The molecule has 5 heteroatoms. The zero-order valence-electron chi connectivity index (χ0n) is 11.8. The molecule has 0 fully saturated rings. The fraction of sp³-hybridized carbons (Fsp3) is 0.125. The lowest BCUT2D eigenvalue weighted by Crippen LogP contribution is -2.10. The van der Waals surface area contributed by atoms with Gasteiger partial charge in [-0.25, -0.2) is 15.0 Å². The standard InChI is InChI=1S/C16H14N4O/c1-10-8-11(2)18-15(17-10)16-19-13(9-14(21)20-16)12-6-4-3-5-7-12/h3-9H,1-2H3,(H,19,20,21). The third kappa shape index (κ3) is 2.86. The molecular weight excluding hydrogens is 264 g/mol. The van der Waals surface area contributed by atoms with Gasteiger partial charge in [0.1, 0.15) is 0 Å². The number of H-pyrrole nitrogens is 1. The summed E-state index contributed by atoms with van der Waals surface area (Å²) < 4.78 is 0. The number of nitrogens with one attached hydrogen (secondary N) is 1. The zero-order chi connectivity index (χ0) is 14.8. The van der Waals surface area contributed by atoms with Gasteiger partial charge in [-0.3, -0.25) is 4.79 Å². The Bertz CT molecular complexity index is 820. The predicted molar refractivity (Wildman–Crippen MR) is 80.8 cm³/mol. The van der Waals surface area contributed by atoms with E-state index < -0.39 is 0 Å². The Morgan fingerprint density at radius 1 is 0.905 bits per heavy atom. The number of aryl methyl sites for hydroxylation is 2. The minimum Gasteiger partial charge on any atom is -0.304 e. The molecule has 2 aromatic heterocycles. The lowest BCUT2D eigenvalue weighted by Gasteiger charge is -2.05. The first-order valence-corrected chi connectivity index (χ1v) is 6.61. The Kier molecular flexibility index (Phi) is 3.31. The Morgan fingerprint density at radius 3 is 2.24 bits per heavy atom. The van der Waals surface area contributed by atoms with Gasteiger partial charge in [-0.1, -0.05) is 30.3 Å². The van der Waals surface area contributed by atoms with Gasteiger partial charge in [0.05, 0.1) is 5.69 Å². The molecule has 1 N–H and O–H groups in total. The number of nitrogens with zero attached hydrogens (tertiary/aromatic N) is 3. The monoisotopic (exact) mass is 278 g/mol. The van der Waals surface area contributed by atoms with E-state index in [-0.39, 0.29) is 5.56 Å². The smallest absolute Gasteiger partial charge is 0.251 e. The number of aromatic nitrogens is 4. The molecule has 3 aromatic rings. The molecule has 0 amide bonds. The van der Waals surface area contributed by atoms with Crippen molar-refractivity contribution in [1.82, 2.24) is 19.9 Å². The van der Waals surface area contributed by atoms with Crippen LogP contribution in [-0.2, 0) is 0 Å². The van der Waals surface area contributed by atoms with Crippen LogP contribution in [-0.4, -0.2) is 19.9 Å². The predicted octanol–water partition coefficient (Wildman–Crippen LogP) is 2.51. The summed E-state index contributed by atoms with van der Waals surface area (Å²) >= 11 is 0. The average Bonchev–Trinajstić information content (AvgIpc) is 2.46. The quantitative estimate of drug-likeness (QED) is 0.781. The van der Waals surface area contributed by atoms with Crippen LogP contribution >= 0.6 is 0 Å².